The van der Waals surface area contributed by atoms with E-state index in [0.29, 0.717) is 11.1 Å². The lowest BCUT2D eigenvalue weighted by molar-refractivity contribution is 0.553. The van der Waals surface area contributed by atoms with E-state index in [1.54, 1.807) is 14.0 Å². The monoisotopic (exact) mass is 275 g/mol. The molecule has 0 heterocycles. The molecule has 106 valence electrons. The molecule has 0 aliphatic carbocycles. The number of halogens is 2. The van der Waals surface area contributed by atoms with Crippen LogP contribution in [-0.4, -0.2) is 7.05 Å². The molecule has 2 aromatic carbocycles. The topological polar surface area (TPSA) is 12.0 Å². The molecule has 20 heavy (non-hydrogen) atoms. The second kappa shape index (κ2) is 6.14. The van der Waals surface area contributed by atoms with Crippen LogP contribution in [0.4, 0.5) is 8.78 Å². The molecule has 2 rings (SSSR count). The summed E-state index contributed by atoms with van der Waals surface area (Å²) in [5.74, 6) is -0.769. The van der Waals surface area contributed by atoms with E-state index in [-0.39, 0.29) is 17.7 Å². The molecular weight excluding hydrogens is 256 g/mol. The molecule has 0 spiro atoms. The summed E-state index contributed by atoms with van der Waals surface area (Å²) < 4.78 is 27.8. The van der Waals surface area contributed by atoms with Crippen LogP contribution in [0, 0.1) is 18.6 Å². The molecule has 0 aliphatic heterocycles. The first-order valence-corrected chi connectivity index (χ1v) is 6.78. The van der Waals surface area contributed by atoms with Crippen molar-refractivity contribution < 1.29 is 8.78 Å². The molecule has 0 aliphatic rings. The van der Waals surface area contributed by atoms with Gasteiger partial charge in [-0.2, -0.15) is 0 Å². The van der Waals surface area contributed by atoms with Gasteiger partial charge in [0.1, 0.15) is 11.6 Å². The molecule has 0 saturated heterocycles. The first-order valence-electron chi connectivity index (χ1n) is 6.78. The van der Waals surface area contributed by atoms with Crippen molar-refractivity contribution in [1.29, 1.82) is 0 Å². The highest BCUT2D eigenvalue weighted by Gasteiger charge is 2.18. The number of rotatable bonds is 4. The Bertz CT molecular complexity index is 591. The normalized spacial score (nSPS) is 12.4. The molecule has 0 bridgehead atoms. The molecule has 1 atom stereocenters. The van der Waals surface area contributed by atoms with Gasteiger partial charge in [0.2, 0.25) is 0 Å². The minimum absolute atomic E-state index is 0.322. The molecule has 1 unspecified atom stereocenters. The van der Waals surface area contributed by atoms with E-state index < -0.39 is 0 Å². The van der Waals surface area contributed by atoms with Crippen molar-refractivity contribution in [2.45, 2.75) is 26.3 Å². The minimum Gasteiger partial charge on any atom is -0.309 e. The van der Waals surface area contributed by atoms with Gasteiger partial charge in [0.15, 0.2) is 0 Å². The van der Waals surface area contributed by atoms with E-state index in [1.807, 2.05) is 24.3 Å². The lowest BCUT2D eigenvalue weighted by Crippen LogP contribution is -2.19. The molecule has 0 saturated carbocycles. The number of hydrogen-bond donors (Lipinski definition) is 1. The maximum absolute atomic E-state index is 14.1. The summed E-state index contributed by atoms with van der Waals surface area (Å²) in [7, 11) is 1.75. The molecule has 2 aromatic rings. The van der Waals surface area contributed by atoms with Crippen molar-refractivity contribution in [1.82, 2.24) is 5.32 Å². The molecule has 0 fully saturated rings. The van der Waals surface area contributed by atoms with Crippen molar-refractivity contribution in [2.24, 2.45) is 0 Å². The molecule has 1 nitrogen and oxygen atoms in total. The van der Waals surface area contributed by atoms with Crippen LogP contribution < -0.4 is 5.32 Å². The molecule has 0 aromatic heterocycles. The Morgan fingerprint density at radius 1 is 1.05 bits per heavy atom. The second-order valence-electron chi connectivity index (χ2n) is 4.94. The first kappa shape index (κ1) is 14.7. The predicted molar refractivity (Wildman–Crippen MR) is 77.8 cm³/mol. The van der Waals surface area contributed by atoms with Gasteiger partial charge in [-0.05, 0) is 49.2 Å². The largest absolute Gasteiger partial charge is 0.309 e. The third-order valence-electron chi connectivity index (χ3n) is 3.60. The fourth-order valence-electron chi connectivity index (χ4n) is 2.33. The van der Waals surface area contributed by atoms with Crippen molar-refractivity contribution in [3.63, 3.8) is 0 Å². The van der Waals surface area contributed by atoms with Crippen molar-refractivity contribution in [3.05, 3.63) is 70.3 Å². The third-order valence-corrected chi connectivity index (χ3v) is 3.60. The fraction of sp³-hybridized carbons (Fsp3) is 0.294. The summed E-state index contributed by atoms with van der Waals surface area (Å²) in [5.41, 5.74) is 2.80. The van der Waals surface area contributed by atoms with Gasteiger partial charge in [-0.1, -0.05) is 31.2 Å². The fourth-order valence-corrected chi connectivity index (χ4v) is 2.33. The first-order chi connectivity index (χ1) is 9.56. The Morgan fingerprint density at radius 3 is 2.25 bits per heavy atom. The number of hydrogen-bond acceptors (Lipinski definition) is 1. The van der Waals surface area contributed by atoms with Crippen LogP contribution in [0.2, 0.25) is 0 Å². The summed E-state index contributed by atoms with van der Waals surface area (Å²) in [6, 6.07) is 10.1. The lowest BCUT2D eigenvalue weighted by atomic mass is 9.96. The van der Waals surface area contributed by atoms with E-state index in [1.165, 1.54) is 17.7 Å². The quantitative estimate of drug-likeness (QED) is 0.884. The minimum atomic E-state index is -0.386. The average molecular weight is 275 g/mol. The molecule has 0 amide bonds. The van der Waals surface area contributed by atoms with Crippen molar-refractivity contribution in [3.8, 4) is 0 Å². The van der Waals surface area contributed by atoms with Crippen LogP contribution in [0.25, 0.3) is 0 Å². The summed E-state index contributed by atoms with van der Waals surface area (Å²) in [6.45, 7) is 3.65. The summed E-state index contributed by atoms with van der Waals surface area (Å²) in [6.07, 6.45) is 0.956. The highest BCUT2D eigenvalue weighted by atomic mass is 19.1. The van der Waals surface area contributed by atoms with Crippen LogP contribution >= 0.6 is 0 Å². The zero-order valence-corrected chi connectivity index (χ0v) is 12.0. The van der Waals surface area contributed by atoms with Gasteiger partial charge in [0.25, 0.3) is 0 Å². The van der Waals surface area contributed by atoms with Crippen LogP contribution in [0.5, 0.6) is 0 Å². The molecular formula is C17H19F2N. The predicted octanol–water partition coefficient (Wildman–Crippen LogP) is 4.14. The highest BCUT2D eigenvalue weighted by Crippen LogP contribution is 2.26. The van der Waals surface area contributed by atoms with Gasteiger partial charge < -0.3 is 5.32 Å². The van der Waals surface area contributed by atoms with Gasteiger partial charge >= 0.3 is 0 Å². The van der Waals surface area contributed by atoms with E-state index in [4.69, 9.17) is 0 Å². The Labute approximate surface area is 118 Å². The van der Waals surface area contributed by atoms with E-state index in [0.717, 1.165) is 12.0 Å². The maximum atomic E-state index is 14.1. The molecule has 1 N–H and O–H groups in total. The lowest BCUT2D eigenvalue weighted by Gasteiger charge is -2.19. The summed E-state index contributed by atoms with van der Waals surface area (Å²) in [5, 5.41) is 3.05. The van der Waals surface area contributed by atoms with Crippen LogP contribution in [0.15, 0.2) is 36.4 Å². The maximum Gasteiger partial charge on any atom is 0.128 e. The van der Waals surface area contributed by atoms with E-state index in [2.05, 4.69) is 12.2 Å². The Hall–Kier alpha value is -1.74. The number of aryl methyl sites for hydroxylation is 2. The van der Waals surface area contributed by atoms with Crippen LogP contribution in [-0.2, 0) is 6.42 Å². The standard InChI is InChI=1S/C17H19F2N/c1-4-12-5-7-13(8-6-12)17(20-3)14-10-15(18)11(2)9-16(14)19/h5-10,17,20H,4H2,1-3H3. The number of benzene rings is 2. The van der Waals surface area contributed by atoms with Gasteiger partial charge in [-0.15, -0.1) is 0 Å². The Balaban J connectivity index is 2.43. The van der Waals surface area contributed by atoms with E-state index in [9.17, 15) is 8.78 Å². The van der Waals surface area contributed by atoms with Crippen molar-refractivity contribution in [2.75, 3.05) is 7.05 Å². The summed E-state index contributed by atoms with van der Waals surface area (Å²) in [4.78, 5) is 0. The average Bonchev–Trinajstić information content (AvgIpc) is 2.46. The highest BCUT2D eigenvalue weighted by molar-refractivity contribution is 5.36. The molecule has 0 radical (unpaired) electrons. The van der Waals surface area contributed by atoms with Gasteiger partial charge in [-0.3, -0.25) is 0 Å². The van der Waals surface area contributed by atoms with E-state index >= 15 is 0 Å². The third kappa shape index (κ3) is 2.88. The Morgan fingerprint density at radius 2 is 1.70 bits per heavy atom. The second-order valence-corrected chi connectivity index (χ2v) is 4.94. The zero-order chi connectivity index (χ0) is 14.7. The van der Waals surface area contributed by atoms with Gasteiger partial charge in [-0.25, -0.2) is 8.78 Å². The van der Waals surface area contributed by atoms with Crippen LogP contribution in [0.3, 0.4) is 0 Å². The molecule has 3 heteroatoms. The van der Waals surface area contributed by atoms with Crippen LogP contribution in [0.1, 0.15) is 35.2 Å². The number of nitrogens with one attached hydrogen (secondary N) is 1. The summed E-state index contributed by atoms with van der Waals surface area (Å²) >= 11 is 0. The van der Waals surface area contributed by atoms with Gasteiger partial charge in [0, 0.05) is 5.56 Å². The van der Waals surface area contributed by atoms with Crippen molar-refractivity contribution >= 4 is 0 Å². The van der Waals surface area contributed by atoms with Gasteiger partial charge in [0.05, 0.1) is 6.04 Å². The smallest absolute Gasteiger partial charge is 0.128 e. The Kier molecular flexibility index (Phi) is 4.50. The zero-order valence-electron chi connectivity index (χ0n) is 12.0. The SMILES string of the molecule is CCc1ccc(C(NC)c2cc(F)c(C)cc2F)cc1.